The van der Waals surface area contributed by atoms with E-state index >= 15 is 0 Å². The first-order chi connectivity index (χ1) is 9.26. The number of carbonyl (C=O) groups is 3. The van der Waals surface area contributed by atoms with Crippen molar-refractivity contribution in [3.05, 3.63) is 0 Å². The van der Waals surface area contributed by atoms with Gasteiger partial charge in [-0.05, 0) is 6.92 Å². The Kier molecular flexibility index (Phi) is 8.93. The van der Waals surface area contributed by atoms with E-state index < -0.39 is 35.8 Å². The number of amides is 1. The van der Waals surface area contributed by atoms with Crippen molar-refractivity contribution in [3.8, 4) is 0 Å². The van der Waals surface area contributed by atoms with E-state index in [-0.39, 0.29) is 12.2 Å². The van der Waals surface area contributed by atoms with E-state index in [0.717, 1.165) is 11.8 Å². The molecule has 0 aromatic carbocycles. The Morgan fingerprint density at radius 2 is 1.95 bits per heavy atom. The minimum Gasteiger partial charge on any atom is -0.480 e. The molecule has 0 spiro atoms. The highest BCUT2D eigenvalue weighted by Crippen LogP contribution is 2.14. The average Bonchev–Trinajstić information content (AvgIpc) is 2.33. The third kappa shape index (κ3) is 8.73. The molecule has 1 amide bonds. The van der Waals surface area contributed by atoms with Crippen LogP contribution in [0.25, 0.3) is 0 Å². The Hall–Kier alpha value is -1.32. The van der Waals surface area contributed by atoms with Crippen molar-refractivity contribution in [2.24, 2.45) is 0 Å². The SMILES string of the molecule is CCC(=O)O[C@@H](C)OC(O)SC[C@H](NC(C)=O)C(=O)O. The number of hydrogen-bond donors (Lipinski definition) is 3. The highest BCUT2D eigenvalue weighted by Gasteiger charge is 2.21. The summed E-state index contributed by atoms with van der Waals surface area (Å²) in [5.41, 5.74) is -1.37. The van der Waals surface area contributed by atoms with Gasteiger partial charge in [-0.3, -0.25) is 9.59 Å². The Morgan fingerprint density at radius 1 is 1.35 bits per heavy atom. The number of carboxylic acids is 1. The molecule has 0 fully saturated rings. The molecular weight excluding hydrogens is 290 g/mol. The van der Waals surface area contributed by atoms with Crippen LogP contribution in [0.15, 0.2) is 0 Å². The van der Waals surface area contributed by atoms with Crippen molar-refractivity contribution in [3.63, 3.8) is 0 Å². The molecule has 0 aromatic heterocycles. The van der Waals surface area contributed by atoms with Crippen LogP contribution in [0.3, 0.4) is 0 Å². The molecule has 1 unspecified atom stereocenters. The predicted octanol–water partition coefficient (Wildman–Crippen LogP) is -0.0994. The van der Waals surface area contributed by atoms with Crippen LogP contribution in [0.5, 0.6) is 0 Å². The van der Waals surface area contributed by atoms with Crippen LogP contribution in [-0.4, -0.2) is 51.8 Å². The summed E-state index contributed by atoms with van der Waals surface area (Å²) in [4.78, 5) is 32.6. The standard InChI is InChI=1S/C11H19NO7S/c1-4-9(14)18-7(3)19-11(17)20-5-8(10(15)16)12-6(2)13/h7-8,11,17H,4-5H2,1-3H3,(H,12,13)(H,15,16)/t7-,8+,11?/m1/s1. The molecule has 0 bridgehead atoms. The Balaban J connectivity index is 4.12. The molecule has 8 nitrogen and oxygen atoms in total. The first kappa shape index (κ1) is 18.7. The molecule has 0 aliphatic heterocycles. The quantitative estimate of drug-likeness (QED) is 0.399. The number of carbonyl (C=O) groups excluding carboxylic acids is 2. The van der Waals surface area contributed by atoms with Gasteiger partial charge in [0, 0.05) is 19.1 Å². The molecule has 0 aromatic rings. The Labute approximate surface area is 120 Å². The van der Waals surface area contributed by atoms with Crippen LogP contribution in [-0.2, 0) is 23.9 Å². The van der Waals surface area contributed by atoms with Gasteiger partial charge in [-0.2, -0.15) is 0 Å². The van der Waals surface area contributed by atoms with Gasteiger partial charge in [0.2, 0.25) is 17.8 Å². The highest BCUT2D eigenvalue weighted by molar-refractivity contribution is 7.99. The minimum absolute atomic E-state index is 0.0927. The molecule has 3 atom stereocenters. The number of aliphatic hydroxyl groups is 1. The number of esters is 1. The van der Waals surface area contributed by atoms with E-state index in [1.54, 1.807) is 6.92 Å². The fourth-order valence-electron chi connectivity index (χ4n) is 1.10. The second-order valence-corrected chi connectivity index (χ2v) is 4.85. The highest BCUT2D eigenvalue weighted by atomic mass is 32.2. The summed E-state index contributed by atoms with van der Waals surface area (Å²) in [6, 6.07) is -1.13. The number of hydrogen-bond acceptors (Lipinski definition) is 7. The van der Waals surface area contributed by atoms with Crippen molar-refractivity contribution in [1.29, 1.82) is 0 Å². The first-order valence-corrected chi connectivity index (χ1v) is 6.95. The summed E-state index contributed by atoms with van der Waals surface area (Å²) >= 11 is 0.764. The van der Waals surface area contributed by atoms with Crippen LogP contribution < -0.4 is 5.32 Å². The van der Waals surface area contributed by atoms with Crippen molar-refractivity contribution >= 4 is 29.6 Å². The normalized spacial score (nSPS) is 15.0. The van der Waals surface area contributed by atoms with Gasteiger partial charge in [0.05, 0.1) is 0 Å². The topological polar surface area (TPSA) is 122 Å². The Morgan fingerprint density at radius 3 is 2.40 bits per heavy atom. The number of rotatable bonds is 9. The van der Waals surface area contributed by atoms with E-state index in [9.17, 15) is 19.5 Å². The average molecular weight is 309 g/mol. The Bertz CT molecular complexity index is 350. The van der Waals surface area contributed by atoms with E-state index in [2.05, 4.69) is 5.32 Å². The number of ether oxygens (including phenoxy) is 2. The molecule has 0 aliphatic carbocycles. The molecule has 0 aliphatic rings. The van der Waals surface area contributed by atoms with Crippen molar-refractivity contribution in [1.82, 2.24) is 5.32 Å². The summed E-state index contributed by atoms with van der Waals surface area (Å²) < 4.78 is 9.70. The number of nitrogens with one attached hydrogen (secondary N) is 1. The summed E-state index contributed by atoms with van der Waals surface area (Å²) in [7, 11) is 0. The van der Waals surface area contributed by atoms with Crippen LogP contribution in [0.2, 0.25) is 0 Å². The number of aliphatic carboxylic acids is 1. The van der Waals surface area contributed by atoms with Gasteiger partial charge in [0.15, 0.2) is 0 Å². The lowest BCUT2D eigenvalue weighted by atomic mass is 10.3. The van der Waals surface area contributed by atoms with Crippen LogP contribution in [0.4, 0.5) is 0 Å². The van der Waals surface area contributed by atoms with Gasteiger partial charge in [0.1, 0.15) is 6.04 Å². The van der Waals surface area contributed by atoms with Crippen molar-refractivity contribution < 1.29 is 34.1 Å². The van der Waals surface area contributed by atoms with Gasteiger partial charge in [-0.1, -0.05) is 18.7 Å². The minimum atomic E-state index is -1.37. The van der Waals surface area contributed by atoms with Gasteiger partial charge in [-0.15, -0.1) is 0 Å². The fraction of sp³-hybridized carbons (Fsp3) is 0.727. The number of aliphatic hydroxyl groups excluding tert-OH is 1. The van der Waals surface area contributed by atoms with E-state index in [1.807, 2.05) is 0 Å². The smallest absolute Gasteiger partial charge is 0.327 e. The molecule has 9 heteroatoms. The predicted molar refractivity (Wildman–Crippen MR) is 70.6 cm³/mol. The first-order valence-electron chi connectivity index (χ1n) is 5.90. The summed E-state index contributed by atoms with van der Waals surface area (Å²) in [6.45, 7) is 4.24. The number of carboxylic acid groups (broad SMARTS) is 1. The molecule has 20 heavy (non-hydrogen) atoms. The lowest BCUT2D eigenvalue weighted by molar-refractivity contribution is -0.196. The summed E-state index contributed by atoms with van der Waals surface area (Å²) in [6.07, 6.45) is -0.769. The van der Waals surface area contributed by atoms with Crippen molar-refractivity contribution in [2.45, 2.75) is 45.1 Å². The van der Waals surface area contributed by atoms with E-state index in [4.69, 9.17) is 14.6 Å². The molecule has 3 N–H and O–H groups in total. The fourth-order valence-corrected chi connectivity index (χ4v) is 1.92. The third-order valence-electron chi connectivity index (χ3n) is 1.98. The maximum Gasteiger partial charge on any atom is 0.327 e. The second-order valence-electron chi connectivity index (χ2n) is 3.78. The van der Waals surface area contributed by atoms with Gasteiger partial charge >= 0.3 is 11.9 Å². The van der Waals surface area contributed by atoms with Gasteiger partial charge in [-0.25, -0.2) is 4.79 Å². The number of thioether (sulfide) groups is 1. The zero-order valence-corrected chi connectivity index (χ0v) is 12.3. The molecule has 0 saturated heterocycles. The summed E-state index contributed by atoms with van der Waals surface area (Å²) in [5, 5.41) is 20.6. The van der Waals surface area contributed by atoms with E-state index in [1.165, 1.54) is 13.8 Å². The van der Waals surface area contributed by atoms with E-state index in [0.29, 0.717) is 0 Å². The largest absolute Gasteiger partial charge is 0.480 e. The van der Waals surface area contributed by atoms with Crippen LogP contribution >= 0.6 is 11.8 Å². The van der Waals surface area contributed by atoms with Gasteiger partial charge < -0.3 is 25.0 Å². The second kappa shape index (κ2) is 9.56. The van der Waals surface area contributed by atoms with Crippen LogP contribution in [0.1, 0.15) is 27.2 Å². The van der Waals surface area contributed by atoms with Crippen LogP contribution in [0, 0.1) is 0 Å². The molecule has 116 valence electrons. The maximum absolute atomic E-state index is 11.0. The zero-order chi connectivity index (χ0) is 15.7. The molecule has 0 saturated carbocycles. The monoisotopic (exact) mass is 309 g/mol. The zero-order valence-electron chi connectivity index (χ0n) is 11.5. The maximum atomic E-state index is 11.0. The van der Waals surface area contributed by atoms with Gasteiger partial charge in [0.25, 0.3) is 0 Å². The lowest BCUT2D eigenvalue weighted by Gasteiger charge is -2.19. The molecule has 0 radical (unpaired) electrons. The molecular formula is C11H19NO7S. The molecule has 0 heterocycles. The van der Waals surface area contributed by atoms with Crippen molar-refractivity contribution in [2.75, 3.05) is 5.75 Å². The lowest BCUT2D eigenvalue weighted by Crippen LogP contribution is -2.42. The third-order valence-corrected chi connectivity index (χ3v) is 2.90. The summed E-state index contributed by atoms with van der Waals surface area (Å²) in [5.74, 6) is -2.27. The molecule has 0 rings (SSSR count).